The summed E-state index contributed by atoms with van der Waals surface area (Å²) in [6.45, 7) is 3.77. The van der Waals surface area contributed by atoms with Gasteiger partial charge in [-0.2, -0.15) is 0 Å². The zero-order chi connectivity index (χ0) is 29.3. The van der Waals surface area contributed by atoms with Crippen molar-refractivity contribution in [3.05, 3.63) is 81.1 Å². The van der Waals surface area contributed by atoms with Gasteiger partial charge in [-0.25, -0.2) is 18.6 Å². The summed E-state index contributed by atoms with van der Waals surface area (Å²) in [6, 6.07) is 10.3. The SMILES string of the molecule is CC(=O)Nc1cc(C)c(-n2c(=O)n(CC3CCC(NC(=O)c4cc(Cl)cnc4C(F)F)CC3)c3ccccc32)cn1. The Morgan fingerprint density at radius 3 is 2.44 bits per heavy atom. The van der Waals surface area contributed by atoms with Crippen LogP contribution in [0, 0.1) is 12.8 Å². The third kappa shape index (κ3) is 6.00. The van der Waals surface area contributed by atoms with Crippen LogP contribution >= 0.6 is 11.6 Å². The summed E-state index contributed by atoms with van der Waals surface area (Å²) in [4.78, 5) is 45.9. The highest BCUT2D eigenvalue weighted by Gasteiger charge is 2.27. The number of rotatable bonds is 7. The van der Waals surface area contributed by atoms with Crippen molar-refractivity contribution >= 4 is 40.3 Å². The molecular formula is C29H29ClF2N6O3. The van der Waals surface area contributed by atoms with Crippen LogP contribution in [0.1, 0.15) is 60.6 Å². The first kappa shape index (κ1) is 28.4. The molecule has 0 spiro atoms. The van der Waals surface area contributed by atoms with Crippen LogP contribution in [0.4, 0.5) is 14.6 Å². The van der Waals surface area contributed by atoms with Gasteiger partial charge < -0.3 is 10.6 Å². The van der Waals surface area contributed by atoms with Gasteiger partial charge in [-0.15, -0.1) is 0 Å². The second-order valence-electron chi connectivity index (χ2n) is 10.3. The number of fused-ring (bicyclic) bond motifs is 1. The molecule has 0 saturated heterocycles. The number of nitrogens with one attached hydrogen (secondary N) is 2. The van der Waals surface area contributed by atoms with Gasteiger partial charge in [0.25, 0.3) is 12.3 Å². The van der Waals surface area contributed by atoms with E-state index in [9.17, 15) is 23.2 Å². The molecule has 12 heteroatoms. The number of anilines is 1. The average Bonchev–Trinajstić information content (AvgIpc) is 3.20. The van der Waals surface area contributed by atoms with E-state index < -0.39 is 18.0 Å². The summed E-state index contributed by atoms with van der Waals surface area (Å²) in [7, 11) is 0. The van der Waals surface area contributed by atoms with Gasteiger partial charge in [-0.3, -0.25) is 23.7 Å². The lowest BCUT2D eigenvalue weighted by atomic mass is 9.85. The number of aryl methyl sites for hydroxylation is 1. The second-order valence-corrected chi connectivity index (χ2v) is 10.8. The third-order valence-corrected chi connectivity index (χ3v) is 7.63. The zero-order valence-electron chi connectivity index (χ0n) is 22.5. The maximum Gasteiger partial charge on any atom is 0.333 e. The Bertz CT molecular complexity index is 1680. The molecule has 2 N–H and O–H groups in total. The normalized spacial score (nSPS) is 17.1. The molecule has 1 saturated carbocycles. The van der Waals surface area contributed by atoms with E-state index in [1.807, 2.05) is 31.2 Å². The summed E-state index contributed by atoms with van der Waals surface area (Å²) in [5, 5.41) is 5.63. The van der Waals surface area contributed by atoms with Crippen LogP contribution < -0.4 is 16.3 Å². The first-order chi connectivity index (χ1) is 19.6. The van der Waals surface area contributed by atoms with Crippen LogP contribution in [0.2, 0.25) is 5.02 Å². The molecule has 0 radical (unpaired) electrons. The van der Waals surface area contributed by atoms with E-state index in [1.54, 1.807) is 21.4 Å². The summed E-state index contributed by atoms with van der Waals surface area (Å²) in [5.41, 5.74) is 1.97. The molecule has 214 valence electrons. The first-order valence-electron chi connectivity index (χ1n) is 13.3. The zero-order valence-corrected chi connectivity index (χ0v) is 23.3. The number of para-hydroxylation sites is 2. The van der Waals surface area contributed by atoms with Crippen molar-refractivity contribution in [2.24, 2.45) is 5.92 Å². The largest absolute Gasteiger partial charge is 0.349 e. The molecule has 1 aliphatic carbocycles. The smallest absolute Gasteiger partial charge is 0.333 e. The number of pyridine rings is 2. The molecule has 1 aromatic carbocycles. The maximum absolute atomic E-state index is 13.8. The summed E-state index contributed by atoms with van der Waals surface area (Å²) in [6.07, 6.45) is 2.59. The molecule has 2 amide bonds. The lowest BCUT2D eigenvalue weighted by molar-refractivity contribution is -0.114. The summed E-state index contributed by atoms with van der Waals surface area (Å²) >= 11 is 5.90. The minimum atomic E-state index is -2.89. The fourth-order valence-electron chi connectivity index (χ4n) is 5.47. The lowest BCUT2D eigenvalue weighted by Crippen LogP contribution is -2.39. The number of carbonyl (C=O) groups is 2. The van der Waals surface area contributed by atoms with E-state index in [0.29, 0.717) is 30.9 Å². The molecule has 0 bridgehead atoms. The number of carbonyl (C=O) groups excluding carboxylic acids is 2. The van der Waals surface area contributed by atoms with Gasteiger partial charge in [0.1, 0.15) is 11.5 Å². The molecular weight excluding hydrogens is 554 g/mol. The van der Waals surface area contributed by atoms with Crippen molar-refractivity contribution in [2.75, 3.05) is 5.32 Å². The molecule has 0 atom stereocenters. The van der Waals surface area contributed by atoms with Crippen molar-refractivity contribution in [2.45, 2.75) is 58.5 Å². The predicted octanol–water partition coefficient (Wildman–Crippen LogP) is 5.43. The van der Waals surface area contributed by atoms with Crippen molar-refractivity contribution in [3.63, 3.8) is 0 Å². The summed E-state index contributed by atoms with van der Waals surface area (Å²) in [5.74, 6) is -0.249. The maximum atomic E-state index is 13.8. The minimum Gasteiger partial charge on any atom is -0.349 e. The topological polar surface area (TPSA) is 111 Å². The van der Waals surface area contributed by atoms with Crippen molar-refractivity contribution in [3.8, 4) is 5.69 Å². The fraction of sp³-hybridized carbons (Fsp3) is 0.345. The molecule has 4 aromatic rings. The first-order valence-corrected chi connectivity index (χ1v) is 13.7. The molecule has 5 rings (SSSR count). The Labute approximate surface area is 239 Å². The molecule has 1 fully saturated rings. The van der Waals surface area contributed by atoms with E-state index in [2.05, 4.69) is 20.6 Å². The molecule has 0 unspecified atom stereocenters. The van der Waals surface area contributed by atoms with Crippen LogP contribution in [0.3, 0.4) is 0 Å². The van der Waals surface area contributed by atoms with Crippen LogP contribution in [0.25, 0.3) is 16.7 Å². The van der Waals surface area contributed by atoms with E-state index in [4.69, 9.17) is 11.6 Å². The Kier molecular flexibility index (Phi) is 8.16. The van der Waals surface area contributed by atoms with Gasteiger partial charge in [0.2, 0.25) is 5.91 Å². The fourth-order valence-corrected chi connectivity index (χ4v) is 5.62. The highest BCUT2D eigenvalue weighted by Crippen LogP contribution is 2.29. The molecule has 41 heavy (non-hydrogen) atoms. The van der Waals surface area contributed by atoms with Gasteiger partial charge >= 0.3 is 5.69 Å². The number of hydrogen-bond donors (Lipinski definition) is 2. The number of nitrogens with zero attached hydrogens (tertiary/aromatic N) is 4. The summed E-state index contributed by atoms with van der Waals surface area (Å²) < 4.78 is 30.1. The predicted molar refractivity (Wildman–Crippen MR) is 152 cm³/mol. The van der Waals surface area contributed by atoms with E-state index in [1.165, 1.54) is 13.0 Å². The average molecular weight is 583 g/mol. The minimum absolute atomic E-state index is 0.113. The number of amides is 2. The van der Waals surface area contributed by atoms with Crippen molar-refractivity contribution in [1.29, 1.82) is 0 Å². The van der Waals surface area contributed by atoms with Gasteiger partial charge in [-0.05, 0) is 68.4 Å². The van der Waals surface area contributed by atoms with Gasteiger partial charge in [0.15, 0.2) is 0 Å². The quantitative estimate of drug-likeness (QED) is 0.302. The Balaban J connectivity index is 1.32. The number of imidazole rings is 1. The highest BCUT2D eigenvalue weighted by molar-refractivity contribution is 6.30. The van der Waals surface area contributed by atoms with Crippen molar-refractivity contribution in [1.82, 2.24) is 24.4 Å². The Morgan fingerprint density at radius 2 is 1.78 bits per heavy atom. The van der Waals surface area contributed by atoms with Crippen LogP contribution in [-0.4, -0.2) is 37.0 Å². The molecule has 3 aromatic heterocycles. The monoisotopic (exact) mass is 582 g/mol. The number of aromatic nitrogens is 4. The van der Waals surface area contributed by atoms with Crippen LogP contribution in [0.5, 0.6) is 0 Å². The highest BCUT2D eigenvalue weighted by atomic mass is 35.5. The van der Waals surface area contributed by atoms with Crippen molar-refractivity contribution < 1.29 is 18.4 Å². The van der Waals surface area contributed by atoms with Gasteiger partial charge in [-0.1, -0.05) is 23.7 Å². The third-order valence-electron chi connectivity index (χ3n) is 7.42. The molecule has 1 aliphatic rings. The van der Waals surface area contributed by atoms with Gasteiger partial charge in [0, 0.05) is 25.7 Å². The Hall–Kier alpha value is -4.12. The second kappa shape index (κ2) is 11.8. The lowest BCUT2D eigenvalue weighted by Gasteiger charge is -2.29. The number of halogens is 3. The van der Waals surface area contributed by atoms with E-state index >= 15 is 0 Å². The number of hydrogen-bond acceptors (Lipinski definition) is 5. The number of alkyl halides is 2. The standard InChI is InChI=1S/C29H29ClF2N6O3/c1-16-11-25(35-17(2)39)33-14-24(16)38-23-6-4-3-5-22(23)37(29(38)41)15-18-7-9-20(10-8-18)36-28(40)21-12-19(30)13-34-26(21)27(31)32/h3-6,11-14,18,20,27H,7-10,15H2,1-2H3,(H,36,40)(H,33,35,39). The Morgan fingerprint density at radius 1 is 1.07 bits per heavy atom. The van der Waals surface area contributed by atoms with E-state index in [-0.39, 0.29) is 34.1 Å². The molecule has 9 nitrogen and oxygen atoms in total. The van der Waals surface area contributed by atoms with E-state index in [0.717, 1.165) is 35.6 Å². The van der Waals surface area contributed by atoms with Crippen LogP contribution in [-0.2, 0) is 11.3 Å². The molecule has 3 heterocycles. The van der Waals surface area contributed by atoms with Gasteiger partial charge in [0.05, 0.1) is 33.5 Å². The van der Waals surface area contributed by atoms with Crippen LogP contribution in [0.15, 0.2) is 53.6 Å². The number of benzene rings is 1. The molecule has 0 aliphatic heterocycles.